The van der Waals surface area contributed by atoms with Gasteiger partial charge in [-0.25, -0.2) is 0 Å². The van der Waals surface area contributed by atoms with Gasteiger partial charge in [-0.2, -0.15) is 0 Å². The second-order valence-corrected chi connectivity index (χ2v) is 3.06. The minimum absolute atomic E-state index is 0.892. The second-order valence-electron chi connectivity index (χ2n) is 3.06. The van der Waals surface area contributed by atoms with Crippen LogP contribution in [0.5, 0.6) is 0 Å². The lowest BCUT2D eigenvalue weighted by molar-refractivity contribution is 1.01. The summed E-state index contributed by atoms with van der Waals surface area (Å²) in [6.45, 7) is 4.91. The van der Waals surface area contributed by atoms with Crippen molar-refractivity contribution in [1.29, 1.82) is 0 Å². The Hall–Kier alpha value is -1.44. The molecule has 0 spiro atoms. The molecule has 0 unspecified atom stereocenters. The van der Waals surface area contributed by atoms with Crippen LogP contribution in [-0.4, -0.2) is 13.6 Å². The van der Waals surface area contributed by atoms with Crippen LogP contribution in [0.25, 0.3) is 5.70 Å². The quantitative estimate of drug-likeness (QED) is 0.681. The number of hydrogen-bond donors (Lipinski definition) is 1. The maximum Gasteiger partial charge on any atom is 0.0460 e. The van der Waals surface area contributed by atoms with Crippen LogP contribution in [0.4, 0.5) is 5.69 Å². The molecule has 0 bridgehead atoms. The number of likely N-dealkylation sites (N-methyl/N-ethyl adjacent to an activating group) is 1. The average molecular weight is 190 g/mol. The molecule has 0 aromatic heterocycles. The van der Waals surface area contributed by atoms with Crippen LogP contribution in [0, 0.1) is 0 Å². The van der Waals surface area contributed by atoms with Gasteiger partial charge < -0.3 is 10.6 Å². The molecule has 1 aliphatic rings. The molecule has 2 N–H and O–H groups in total. The van der Waals surface area contributed by atoms with E-state index in [1.807, 2.05) is 32.1 Å². The molecule has 0 saturated carbocycles. The first-order chi connectivity index (χ1) is 6.79. The third-order valence-corrected chi connectivity index (χ3v) is 2.21. The van der Waals surface area contributed by atoms with Crippen LogP contribution in [0.1, 0.15) is 19.4 Å². The molecule has 0 amide bonds. The van der Waals surface area contributed by atoms with Gasteiger partial charge in [0.15, 0.2) is 0 Å². The number of fused-ring (bicyclic) bond motifs is 1. The largest absolute Gasteiger partial charge is 0.398 e. The summed E-state index contributed by atoms with van der Waals surface area (Å²) in [5, 5.41) is 0. The van der Waals surface area contributed by atoms with Gasteiger partial charge in [-0.15, -0.1) is 0 Å². The van der Waals surface area contributed by atoms with Crippen molar-refractivity contribution in [3.05, 3.63) is 35.9 Å². The molecule has 14 heavy (non-hydrogen) atoms. The summed E-state index contributed by atoms with van der Waals surface area (Å²) in [5.41, 5.74) is 9.10. The van der Waals surface area contributed by atoms with Crippen molar-refractivity contribution < 1.29 is 0 Å². The molecule has 0 fully saturated rings. The van der Waals surface area contributed by atoms with Crippen molar-refractivity contribution in [3.63, 3.8) is 0 Å². The van der Waals surface area contributed by atoms with Gasteiger partial charge in [-0.3, -0.25) is 0 Å². The Morgan fingerprint density at radius 3 is 2.50 bits per heavy atom. The van der Waals surface area contributed by atoms with Crippen LogP contribution in [0.3, 0.4) is 0 Å². The predicted molar refractivity (Wildman–Crippen MR) is 63.2 cm³/mol. The lowest BCUT2D eigenvalue weighted by Gasteiger charge is -2.25. The summed E-state index contributed by atoms with van der Waals surface area (Å²) >= 11 is 0. The molecule has 1 aliphatic heterocycles. The van der Waals surface area contributed by atoms with Crippen molar-refractivity contribution >= 4 is 11.4 Å². The summed E-state index contributed by atoms with van der Waals surface area (Å²) in [7, 11) is 2.07. The monoisotopic (exact) mass is 190 g/mol. The maximum atomic E-state index is 5.84. The Kier molecular flexibility index (Phi) is 3.57. The fourth-order valence-corrected chi connectivity index (χ4v) is 1.49. The highest BCUT2D eigenvalue weighted by molar-refractivity contribution is 5.78. The molecule has 1 aromatic rings. The molecule has 1 heterocycles. The molecule has 0 atom stereocenters. The first kappa shape index (κ1) is 10.6. The van der Waals surface area contributed by atoms with Crippen molar-refractivity contribution in [1.82, 2.24) is 0 Å². The number of hydrogen-bond acceptors (Lipinski definition) is 2. The molecular formula is C12H18N2. The number of nitrogens with two attached hydrogens (primary N) is 1. The molecule has 76 valence electrons. The molecule has 0 aliphatic carbocycles. The molecular weight excluding hydrogens is 172 g/mol. The first-order valence-electron chi connectivity index (χ1n) is 5.05. The van der Waals surface area contributed by atoms with Gasteiger partial charge in [0.05, 0.1) is 0 Å². The third-order valence-electron chi connectivity index (χ3n) is 2.21. The van der Waals surface area contributed by atoms with Crippen LogP contribution in [0.2, 0.25) is 0 Å². The Balaban J connectivity index is 0.000000461. The van der Waals surface area contributed by atoms with Crippen LogP contribution >= 0.6 is 0 Å². The Labute approximate surface area is 86.0 Å². The number of anilines is 1. The van der Waals surface area contributed by atoms with Gasteiger partial charge >= 0.3 is 0 Å². The zero-order chi connectivity index (χ0) is 10.6. The van der Waals surface area contributed by atoms with E-state index in [4.69, 9.17) is 5.73 Å². The zero-order valence-corrected chi connectivity index (χ0v) is 9.12. The first-order valence-corrected chi connectivity index (χ1v) is 5.05. The molecule has 0 saturated heterocycles. The van der Waals surface area contributed by atoms with Crippen molar-refractivity contribution in [2.75, 3.05) is 18.5 Å². The summed E-state index contributed by atoms with van der Waals surface area (Å²) in [6, 6.07) is 8.19. The topological polar surface area (TPSA) is 29.3 Å². The molecule has 2 rings (SSSR count). The van der Waals surface area contributed by atoms with Crippen molar-refractivity contribution in [3.8, 4) is 0 Å². The van der Waals surface area contributed by atoms with Gasteiger partial charge in [-0.05, 0) is 12.1 Å². The fourth-order valence-electron chi connectivity index (χ4n) is 1.49. The van der Waals surface area contributed by atoms with E-state index in [0.29, 0.717) is 0 Å². The van der Waals surface area contributed by atoms with E-state index in [2.05, 4.69) is 24.1 Å². The third kappa shape index (κ3) is 1.90. The van der Waals surface area contributed by atoms with Crippen LogP contribution in [-0.2, 0) is 0 Å². The number of rotatable bonds is 0. The minimum Gasteiger partial charge on any atom is -0.398 e. The smallest absolute Gasteiger partial charge is 0.0460 e. The predicted octanol–water partition coefficient (Wildman–Crippen LogP) is 2.46. The summed E-state index contributed by atoms with van der Waals surface area (Å²) in [5.74, 6) is 0. The van der Waals surface area contributed by atoms with E-state index >= 15 is 0 Å². The highest BCUT2D eigenvalue weighted by Crippen LogP contribution is 2.26. The Morgan fingerprint density at radius 1 is 1.21 bits per heavy atom. The summed E-state index contributed by atoms with van der Waals surface area (Å²) < 4.78 is 0. The second kappa shape index (κ2) is 4.70. The Bertz CT molecular complexity index is 329. The van der Waals surface area contributed by atoms with Crippen LogP contribution < -0.4 is 10.6 Å². The standard InChI is InChI=1S/C10H12N2.C2H6/c1-12-7-6-9(11)8-4-2-3-5-10(8)12;1-2/h2-6H,7,11H2,1H3;1-2H3. The molecule has 2 heteroatoms. The maximum absolute atomic E-state index is 5.84. The minimum atomic E-state index is 0.892. The van der Waals surface area contributed by atoms with E-state index in [-0.39, 0.29) is 0 Å². The summed E-state index contributed by atoms with van der Waals surface area (Å²) in [4.78, 5) is 2.19. The fraction of sp³-hybridized carbons (Fsp3) is 0.333. The zero-order valence-electron chi connectivity index (χ0n) is 9.12. The highest BCUT2D eigenvalue weighted by atomic mass is 15.1. The van der Waals surface area contributed by atoms with Gasteiger partial charge in [0.25, 0.3) is 0 Å². The lowest BCUT2D eigenvalue weighted by atomic mass is 10.1. The van der Waals surface area contributed by atoms with E-state index in [9.17, 15) is 0 Å². The normalized spacial score (nSPS) is 13.6. The van der Waals surface area contributed by atoms with Gasteiger partial charge in [-0.1, -0.05) is 32.0 Å². The van der Waals surface area contributed by atoms with E-state index in [1.54, 1.807) is 0 Å². The summed E-state index contributed by atoms with van der Waals surface area (Å²) in [6.07, 6.45) is 2.04. The lowest BCUT2D eigenvalue weighted by Crippen LogP contribution is -2.23. The van der Waals surface area contributed by atoms with E-state index < -0.39 is 0 Å². The highest BCUT2D eigenvalue weighted by Gasteiger charge is 2.11. The molecule has 1 aromatic carbocycles. The SMILES string of the molecule is CC.CN1CC=C(N)c2ccccc21. The van der Waals surface area contributed by atoms with Crippen molar-refractivity contribution in [2.45, 2.75) is 13.8 Å². The van der Waals surface area contributed by atoms with E-state index in [0.717, 1.165) is 17.8 Å². The Morgan fingerprint density at radius 2 is 1.86 bits per heavy atom. The number of para-hydroxylation sites is 1. The molecule has 0 radical (unpaired) electrons. The number of benzene rings is 1. The number of nitrogens with zero attached hydrogens (tertiary/aromatic N) is 1. The van der Waals surface area contributed by atoms with E-state index in [1.165, 1.54) is 5.69 Å². The molecule has 2 nitrogen and oxygen atoms in total. The average Bonchev–Trinajstić information content (AvgIpc) is 2.27. The van der Waals surface area contributed by atoms with Gasteiger partial charge in [0, 0.05) is 30.5 Å². The van der Waals surface area contributed by atoms with Crippen LogP contribution in [0.15, 0.2) is 30.3 Å². The van der Waals surface area contributed by atoms with Gasteiger partial charge in [0.1, 0.15) is 0 Å². The van der Waals surface area contributed by atoms with Crippen molar-refractivity contribution in [2.24, 2.45) is 5.73 Å². The van der Waals surface area contributed by atoms with Gasteiger partial charge in [0.2, 0.25) is 0 Å².